The van der Waals surface area contributed by atoms with Gasteiger partial charge in [-0.05, 0) is 13.8 Å². The summed E-state index contributed by atoms with van der Waals surface area (Å²) in [4.78, 5) is 13.6. The summed E-state index contributed by atoms with van der Waals surface area (Å²) in [6.07, 6.45) is 0. The largest absolute Gasteiger partial charge is 0.353 e. The van der Waals surface area contributed by atoms with Crippen LogP contribution in [-0.2, 0) is 4.79 Å². The van der Waals surface area contributed by atoms with Crippen LogP contribution in [0, 0.1) is 0 Å². The van der Waals surface area contributed by atoms with Gasteiger partial charge in [0, 0.05) is 55.1 Å². The normalized spacial score (nSPS) is 20.0. The lowest BCUT2D eigenvalue weighted by Crippen LogP contribution is -2.47. The quantitative estimate of drug-likeness (QED) is 0.608. The average molecular weight is 311 g/mol. The SMILES string of the molecule is CC(C)NC(=O)CN1CCN(I)CC1. The third-order valence-electron chi connectivity index (χ3n) is 2.13. The molecule has 0 aliphatic carbocycles. The van der Waals surface area contributed by atoms with E-state index in [9.17, 15) is 4.79 Å². The summed E-state index contributed by atoms with van der Waals surface area (Å²) in [7, 11) is 0. The van der Waals surface area contributed by atoms with Crippen LogP contribution < -0.4 is 5.32 Å². The van der Waals surface area contributed by atoms with Gasteiger partial charge in [-0.25, -0.2) is 3.11 Å². The molecule has 0 aromatic carbocycles. The van der Waals surface area contributed by atoms with Crippen molar-refractivity contribution in [3.63, 3.8) is 0 Å². The van der Waals surface area contributed by atoms with Crippen LogP contribution in [0.25, 0.3) is 0 Å². The van der Waals surface area contributed by atoms with E-state index in [0.717, 1.165) is 26.2 Å². The summed E-state index contributed by atoms with van der Waals surface area (Å²) in [6, 6.07) is 0.244. The molecule has 0 saturated carbocycles. The molecule has 1 aliphatic rings. The summed E-state index contributed by atoms with van der Waals surface area (Å²) in [5.41, 5.74) is 0. The topological polar surface area (TPSA) is 35.6 Å². The minimum Gasteiger partial charge on any atom is -0.353 e. The third kappa shape index (κ3) is 4.56. The Morgan fingerprint density at radius 3 is 2.43 bits per heavy atom. The van der Waals surface area contributed by atoms with Crippen molar-refractivity contribution >= 4 is 28.8 Å². The molecule has 1 rings (SSSR count). The zero-order valence-electron chi connectivity index (χ0n) is 8.79. The van der Waals surface area contributed by atoms with Crippen molar-refractivity contribution in [1.82, 2.24) is 13.3 Å². The van der Waals surface area contributed by atoms with Gasteiger partial charge in [-0.1, -0.05) is 0 Å². The Hall–Kier alpha value is 0.120. The highest BCUT2D eigenvalue weighted by Gasteiger charge is 2.17. The first-order valence-electron chi connectivity index (χ1n) is 5.00. The maximum absolute atomic E-state index is 11.4. The van der Waals surface area contributed by atoms with Crippen LogP contribution in [0.2, 0.25) is 0 Å². The lowest BCUT2D eigenvalue weighted by molar-refractivity contribution is -0.122. The van der Waals surface area contributed by atoms with E-state index < -0.39 is 0 Å². The fourth-order valence-electron chi connectivity index (χ4n) is 1.45. The van der Waals surface area contributed by atoms with E-state index in [0.29, 0.717) is 6.54 Å². The second kappa shape index (κ2) is 5.87. The molecule has 0 atom stereocenters. The third-order valence-corrected chi connectivity index (χ3v) is 3.10. The fourth-order valence-corrected chi connectivity index (χ4v) is 1.88. The van der Waals surface area contributed by atoms with Crippen LogP contribution >= 0.6 is 22.9 Å². The minimum atomic E-state index is 0.141. The molecular formula is C9H18IN3O. The first-order chi connectivity index (χ1) is 6.58. The molecule has 1 fully saturated rings. The lowest BCUT2D eigenvalue weighted by Gasteiger charge is -2.30. The highest BCUT2D eigenvalue weighted by molar-refractivity contribution is 14.1. The van der Waals surface area contributed by atoms with Gasteiger partial charge < -0.3 is 5.32 Å². The second-order valence-corrected chi connectivity index (χ2v) is 5.27. The molecule has 1 saturated heterocycles. The van der Waals surface area contributed by atoms with Gasteiger partial charge in [-0.2, -0.15) is 0 Å². The van der Waals surface area contributed by atoms with Crippen molar-refractivity contribution in [3.8, 4) is 0 Å². The molecule has 1 amide bonds. The summed E-state index contributed by atoms with van der Waals surface area (Å²) < 4.78 is 2.26. The van der Waals surface area contributed by atoms with Crippen molar-refractivity contribution in [2.24, 2.45) is 0 Å². The van der Waals surface area contributed by atoms with Gasteiger partial charge >= 0.3 is 0 Å². The second-order valence-electron chi connectivity index (χ2n) is 3.91. The van der Waals surface area contributed by atoms with Crippen LogP contribution in [0.15, 0.2) is 0 Å². The number of amides is 1. The molecule has 0 bridgehead atoms. The Balaban J connectivity index is 2.20. The van der Waals surface area contributed by atoms with E-state index >= 15 is 0 Å². The lowest BCUT2D eigenvalue weighted by atomic mass is 10.3. The van der Waals surface area contributed by atoms with Gasteiger partial charge in [0.1, 0.15) is 0 Å². The fraction of sp³-hybridized carbons (Fsp3) is 0.889. The van der Waals surface area contributed by atoms with Gasteiger partial charge in [0.05, 0.1) is 6.54 Å². The molecule has 0 unspecified atom stereocenters. The number of halogens is 1. The first-order valence-corrected chi connectivity index (χ1v) is 5.97. The molecule has 5 heteroatoms. The number of hydrogen-bond donors (Lipinski definition) is 1. The number of nitrogens with zero attached hydrogens (tertiary/aromatic N) is 2. The Bertz CT molecular complexity index is 190. The Morgan fingerprint density at radius 2 is 1.93 bits per heavy atom. The first kappa shape index (κ1) is 12.2. The highest BCUT2D eigenvalue weighted by Crippen LogP contribution is 2.05. The molecule has 0 aromatic rings. The van der Waals surface area contributed by atoms with Crippen LogP contribution in [0.5, 0.6) is 0 Å². The molecule has 0 aromatic heterocycles. The maximum atomic E-state index is 11.4. The predicted molar refractivity (Wildman–Crippen MR) is 65.3 cm³/mol. The standard InChI is InChI=1S/C9H18IN3O/c1-8(2)11-9(14)7-12-3-5-13(10)6-4-12/h8H,3-7H2,1-2H3,(H,11,14). The summed E-state index contributed by atoms with van der Waals surface area (Å²) in [5.74, 6) is 0.141. The van der Waals surface area contributed by atoms with Gasteiger partial charge in [0.25, 0.3) is 0 Å². The molecule has 4 nitrogen and oxygen atoms in total. The van der Waals surface area contributed by atoms with E-state index in [1.54, 1.807) is 0 Å². The summed E-state index contributed by atoms with van der Waals surface area (Å²) >= 11 is 2.33. The van der Waals surface area contributed by atoms with E-state index in [1.165, 1.54) is 0 Å². The van der Waals surface area contributed by atoms with E-state index in [2.05, 4.69) is 36.2 Å². The van der Waals surface area contributed by atoms with E-state index in [-0.39, 0.29) is 11.9 Å². The van der Waals surface area contributed by atoms with Gasteiger partial charge in [0.15, 0.2) is 0 Å². The molecule has 1 aliphatic heterocycles. The van der Waals surface area contributed by atoms with Crippen LogP contribution in [-0.4, -0.2) is 52.7 Å². The van der Waals surface area contributed by atoms with Crippen LogP contribution in [0.3, 0.4) is 0 Å². The summed E-state index contributed by atoms with van der Waals surface area (Å²) in [6.45, 7) is 8.61. The van der Waals surface area contributed by atoms with E-state index in [4.69, 9.17) is 0 Å². The van der Waals surface area contributed by atoms with Gasteiger partial charge in [0.2, 0.25) is 5.91 Å². The zero-order chi connectivity index (χ0) is 10.6. The maximum Gasteiger partial charge on any atom is 0.234 e. The highest BCUT2D eigenvalue weighted by atomic mass is 127. The van der Waals surface area contributed by atoms with Crippen molar-refractivity contribution in [2.75, 3.05) is 32.7 Å². The Kier molecular flexibility index (Phi) is 5.11. The van der Waals surface area contributed by atoms with E-state index in [1.807, 2.05) is 13.8 Å². The van der Waals surface area contributed by atoms with Crippen LogP contribution in [0.1, 0.15) is 13.8 Å². The van der Waals surface area contributed by atoms with Gasteiger partial charge in [-0.3, -0.25) is 9.69 Å². The number of piperazine rings is 1. The Morgan fingerprint density at radius 1 is 1.36 bits per heavy atom. The van der Waals surface area contributed by atoms with Crippen molar-refractivity contribution in [2.45, 2.75) is 19.9 Å². The van der Waals surface area contributed by atoms with Crippen molar-refractivity contribution < 1.29 is 4.79 Å². The van der Waals surface area contributed by atoms with Crippen molar-refractivity contribution in [3.05, 3.63) is 0 Å². The molecule has 0 radical (unpaired) electrons. The monoisotopic (exact) mass is 311 g/mol. The molecule has 0 spiro atoms. The zero-order valence-corrected chi connectivity index (χ0v) is 11.0. The predicted octanol–water partition coefficient (Wildman–Crippen LogP) is 0.479. The van der Waals surface area contributed by atoms with Crippen molar-refractivity contribution in [1.29, 1.82) is 0 Å². The average Bonchev–Trinajstić information content (AvgIpc) is 2.07. The number of rotatable bonds is 3. The summed E-state index contributed by atoms with van der Waals surface area (Å²) in [5, 5.41) is 2.91. The minimum absolute atomic E-state index is 0.141. The number of hydrogen-bond acceptors (Lipinski definition) is 3. The molecule has 1 heterocycles. The smallest absolute Gasteiger partial charge is 0.234 e. The Labute approximate surface area is 99.5 Å². The number of nitrogens with one attached hydrogen (secondary N) is 1. The number of carbonyl (C=O) groups excluding carboxylic acids is 1. The molecule has 14 heavy (non-hydrogen) atoms. The van der Waals surface area contributed by atoms with Gasteiger partial charge in [-0.15, -0.1) is 0 Å². The number of carbonyl (C=O) groups is 1. The molecule has 1 N–H and O–H groups in total. The molecule has 82 valence electrons. The molecular weight excluding hydrogens is 293 g/mol. The van der Waals surface area contributed by atoms with Crippen LogP contribution in [0.4, 0.5) is 0 Å².